The van der Waals surface area contributed by atoms with E-state index in [4.69, 9.17) is 5.11 Å². The van der Waals surface area contributed by atoms with Gasteiger partial charge in [-0.15, -0.1) is 6.58 Å². The summed E-state index contributed by atoms with van der Waals surface area (Å²) in [7, 11) is 0. The number of carboxylic acids is 1. The number of hydrogen-bond acceptors (Lipinski definition) is 1. The Kier molecular flexibility index (Phi) is 3.93. The van der Waals surface area contributed by atoms with Crippen LogP contribution in [-0.2, 0) is 11.0 Å². The highest BCUT2D eigenvalue weighted by atomic mass is 19.4. The van der Waals surface area contributed by atoms with E-state index < -0.39 is 23.6 Å². The molecule has 0 heterocycles. The summed E-state index contributed by atoms with van der Waals surface area (Å²) in [6.07, 6.45) is -2.80. The molecule has 0 fully saturated rings. The molecule has 1 N–H and O–H groups in total. The molecular weight excluding hydrogens is 233 g/mol. The van der Waals surface area contributed by atoms with Gasteiger partial charge in [0, 0.05) is 0 Å². The van der Waals surface area contributed by atoms with Crippen molar-refractivity contribution in [2.24, 2.45) is 0 Å². The molecule has 1 atom stereocenters. The monoisotopic (exact) mass is 244 g/mol. The van der Waals surface area contributed by atoms with Gasteiger partial charge < -0.3 is 5.11 Å². The molecule has 0 radical (unpaired) electrons. The van der Waals surface area contributed by atoms with E-state index in [2.05, 4.69) is 6.58 Å². The lowest BCUT2D eigenvalue weighted by molar-refractivity contribution is -0.138. The fourth-order valence-electron chi connectivity index (χ4n) is 1.45. The Morgan fingerprint density at radius 1 is 1.35 bits per heavy atom. The van der Waals surface area contributed by atoms with E-state index in [0.717, 1.165) is 12.1 Å². The highest BCUT2D eigenvalue weighted by molar-refractivity contribution is 5.76. The summed E-state index contributed by atoms with van der Waals surface area (Å²) in [4.78, 5) is 10.9. The molecule has 0 aromatic heterocycles. The maximum Gasteiger partial charge on any atom is 0.416 e. The first-order valence-corrected chi connectivity index (χ1v) is 4.87. The van der Waals surface area contributed by atoms with Gasteiger partial charge in [-0.2, -0.15) is 13.2 Å². The number of rotatable bonds is 4. The standard InChI is InChI=1S/C12H11F3O2/c1-2-3-10(11(16)17)8-4-6-9(7-5-8)12(13,14)15/h2,4-7,10H,1,3H2,(H,16,17). The number of aliphatic carboxylic acids is 1. The Morgan fingerprint density at radius 2 is 1.88 bits per heavy atom. The van der Waals surface area contributed by atoms with Crippen LogP contribution in [0, 0.1) is 0 Å². The first-order chi connectivity index (χ1) is 7.86. The van der Waals surface area contributed by atoms with Crippen molar-refractivity contribution in [1.29, 1.82) is 0 Å². The topological polar surface area (TPSA) is 37.3 Å². The van der Waals surface area contributed by atoms with Crippen molar-refractivity contribution in [3.05, 3.63) is 48.0 Å². The first-order valence-electron chi connectivity index (χ1n) is 4.87. The van der Waals surface area contributed by atoms with E-state index in [-0.39, 0.29) is 6.42 Å². The third kappa shape index (κ3) is 3.34. The van der Waals surface area contributed by atoms with Gasteiger partial charge in [0.25, 0.3) is 0 Å². The van der Waals surface area contributed by atoms with E-state index in [1.165, 1.54) is 18.2 Å². The smallest absolute Gasteiger partial charge is 0.416 e. The normalized spacial score (nSPS) is 13.1. The van der Waals surface area contributed by atoms with Gasteiger partial charge in [0.05, 0.1) is 11.5 Å². The molecule has 0 aliphatic heterocycles. The zero-order valence-corrected chi connectivity index (χ0v) is 8.87. The highest BCUT2D eigenvalue weighted by Crippen LogP contribution is 2.30. The Balaban J connectivity index is 3.00. The number of hydrogen-bond donors (Lipinski definition) is 1. The molecule has 2 nitrogen and oxygen atoms in total. The third-order valence-electron chi connectivity index (χ3n) is 2.34. The van der Waals surface area contributed by atoms with Crippen molar-refractivity contribution in [1.82, 2.24) is 0 Å². The van der Waals surface area contributed by atoms with Crippen molar-refractivity contribution < 1.29 is 23.1 Å². The lowest BCUT2D eigenvalue weighted by atomic mass is 9.95. The lowest BCUT2D eigenvalue weighted by Gasteiger charge is -2.12. The summed E-state index contributed by atoms with van der Waals surface area (Å²) in [5, 5.41) is 8.92. The zero-order valence-electron chi connectivity index (χ0n) is 8.87. The van der Waals surface area contributed by atoms with Gasteiger partial charge in [-0.25, -0.2) is 0 Å². The van der Waals surface area contributed by atoms with E-state index >= 15 is 0 Å². The number of carbonyl (C=O) groups is 1. The molecule has 1 aromatic rings. The second kappa shape index (κ2) is 5.03. The van der Waals surface area contributed by atoms with Gasteiger partial charge in [0.15, 0.2) is 0 Å². The van der Waals surface area contributed by atoms with Gasteiger partial charge in [0.1, 0.15) is 0 Å². The lowest BCUT2D eigenvalue weighted by Crippen LogP contribution is -2.11. The van der Waals surface area contributed by atoms with Crippen molar-refractivity contribution >= 4 is 5.97 Å². The maximum absolute atomic E-state index is 12.3. The maximum atomic E-state index is 12.3. The van der Waals surface area contributed by atoms with Crippen LogP contribution in [0.1, 0.15) is 23.5 Å². The van der Waals surface area contributed by atoms with Crippen LogP contribution in [0.25, 0.3) is 0 Å². The van der Waals surface area contributed by atoms with Crippen LogP contribution in [-0.4, -0.2) is 11.1 Å². The fourth-order valence-corrected chi connectivity index (χ4v) is 1.45. The third-order valence-corrected chi connectivity index (χ3v) is 2.34. The Labute approximate surface area is 96.4 Å². The van der Waals surface area contributed by atoms with Crippen LogP contribution >= 0.6 is 0 Å². The predicted molar refractivity (Wildman–Crippen MR) is 56.6 cm³/mol. The van der Waals surface area contributed by atoms with Crippen molar-refractivity contribution in [3.63, 3.8) is 0 Å². The molecule has 92 valence electrons. The minimum Gasteiger partial charge on any atom is -0.481 e. The molecule has 1 rings (SSSR count). The van der Waals surface area contributed by atoms with Gasteiger partial charge in [-0.05, 0) is 24.1 Å². The zero-order chi connectivity index (χ0) is 13.1. The highest BCUT2D eigenvalue weighted by Gasteiger charge is 2.30. The van der Waals surface area contributed by atoms with Crippen molar-refractivity contribution in [3.8, 4) is 0 Å². The molecule has 17 heavy (non-hydrogen) atoms. The van der Waals surface area contributed by atoms with E-state index in [1.807, 2.05) is 0 Å². The van der Waals surface area contributed by atoms with Crippen LogP contribution in [0.4, 0.5) is 13.2 Å². The second-order valence-electron chi connectivity index (χ2n) is 3.53. The van der Waals surface area contributed by atoms with Crippen LogP contribution in [0.2, 0.25) is 0 Å². The number of benzene rings is 1. The largest absolute Gasteiger partial charge is 0.481 e. The van der Waals surface area contributed by atoms with Gasteiger partial charge in [0.2, 0.25) is 0 Å². The molecule has 0 aliphatic carbocycles. The van der Waals surface area contributed by atoms with E-state index in [0.29, 0.717) is 5.56 Å². The quantitative estimate of drug-likeness (QED) is 0.823. The summed E-state index contributed by atoms with van der Waals surface area (Å²) in [6.45, 7) is 3.42. The second-order valence-corrected chi connectivity index (χ2v) is 3.53. The molecule has 0 saturated carbocycles. The van der Waals surface area contributed by atoms with Crippen LogP contribution < -0.4 is 0 Å². The number of alkyl halides is 3. The van der Waals surface area contributed by atoms with Crippen molar-refractivity contribution in [2.45, 2.75) is 18.5 Å². The van der Waals surface area contributed by atoms with Crippen LogP contribution in [0.3, 0.4) is 0 Å². The Morgan fingerprint density at radius 3 is 2.24 bits per heavy atom. The summed E-state index contributed by atoms with van der Waals surface area (Å²) in [5.41, 5.74) is -0.450. The predicted octanol–water partition coefficient (Wildman–Crippen LogP) is 3.45. The molecule has 0 spiro atoms. The average molecular weight is 244 g/mol. The summed E-state index contributed by atoms with van der Waals surface area (Å²) in [6, 6.07) is 4.14. The minimum absolute atomic E-state index is 0.181. The van der Waals surface area contributed by atoms with Crippen LogP contribution in [0.15, 0.2) is 36.9 Å². The average Bonchev–Trinajstić information content (AvgIpc) is 2.24. The van der Waals surface area contributed by atoms with Gasteiger partial charge in [-0.3, -0.25) is 4.79 Å². The molecule has 0 amide bonds. The summed E-state index contributed by atoms with van der Waals surface area (Å²) >= 11 is 0. The fraction of sp³-hybridized carbons (Fsp3) is 0.250. The Hall–Kier alpha value is -1.78. The number of halogens is 3. The number of carboxylic acid groups (broad SMARTS) is 1. The SMILES string of the molecule is C=CCC(C(=O)O)c1ccc(C(F)(F)F)cc1. The molecular formula is C12H11F3O2. The van der Waals surface area contributed by atoms with Crippen LogP contribution in [0.5, 0.6) is 0 Å². The van der Waals surface area contributed by atoms with E-state index in [9.17, 15) is 18.0 Å². The Bertz CT molecular complexity index is 407. The molecule has 5 heteroatoms. The van der Waals surface area contributed by atoms with Crippen molar-refractivity contribution in [2.75, 3.05) is 0 Å². The molecule has 1 aromatic carbocycles. The molecule has 0 aliphatic rings. The van der Waals surface area contributed by atoms with Gasteiger partial charge in [-0.1, -0.05) is 18.2 Å². The summed E-state index contributed by atoms with van der Waals surface area (Å²) in [5.74, 6) is -1.93. The van der Waals surface area contributed by atoms with Gasteiger partial charge >= 0.3 is 12.1 Å². The molecule has 1 unspecified atom stereocenters. The molecule has 0 bridgehead atoms. The first kappa shape index (κ1) is 13.3. The number of allylic oxidation sites excluding steroid dienone is 1. The van der Waals surface area contributed by atoms with E-state index in [1.54, 1.807) is 0 Å². The summed E-state index contributed by atoms with van der Waals surface area (Å²) < 4.78 is 36.9. The minimum atomic E-state index is -4.41. The molecule has 0 saturated heterocycles.